The van der Waals surface area contributed by atoms with Gasteiger partial charge >= 0.3 is 0 Å². The molecule has 1 aromatic rings. The Morgan fingerprint density at radius 2 is 2.46 bits per heavy atom. The van der Waals surface area contributed by atoms with Crippen molar-refractivity contribution in [1.82, 2.24) is 20.2 Å². The van der Waals surface area contributed by atoms with E-state index >= 15 is 0 Å². The molecule has 1 fully saturated rings. The Labute approximate surface area is 80.5 Å². The van der Waals surface area contributed by atoms with E-state index in [-0.39, 0.29) is 6.10 Å². The fraction of sp³-hybridized carbons (Fsp3) is 0.857. The second-order valence-corrected chi connectivity index (χ2v) is 4.28. The van der Waals surface area contributed by atoms with Crippen molar-refractivity contribution in [3.8, 4) is 0 Å². The minimum Gasteiger partial charge on any atom is -0.393 e. The standard InChI is InChI=1S/C7H12N4OS/c1-5(12)4-13-7-8-9-10-11(7)6-2-3-6/h5-6,12H,2-4H2,1H3. The van der Waals surface area contributed by atoms with Crippen LogP contribution in [0.5, 0.6) is 0 Å². The number of tetrazole rings is 1. The van der Waals surface area contributed by atoms with Gasteiger partial charge in [0.25, 0.3) is 0 Å². The van der Waals surface area contributed by atoms with Crippen LogP contribution in [0, 0.1) is 0 Å². The second kappa shape index (κ2) is 3.63. The number of thioether (sulfide) groups is 1. The molecule has 1 N–H and O–H groups in total. The van der Waals surface area contributed by atoms with Crippen molar-refractivity contribution >= 4 is 11.8 Å². The third-order valence-electron chi connectivity index (χ3n) is 1.81. The molecule has 0 amide bonds. The summed E-state index contributed by atoms with van der Waals surface area (Å²) in [5.41, 5.74) is 0. The molecule has 1 saturated carbocycles. The van der Waals surface area contributed by atoms with Crippen LogP contribution in [0.3, 0.4) is 0 Å². The third-order valence-corrected chi connectivity index (χ3v) is 2.98. The van der Waals surface area contributed by atoms with Crippen LogP contribution in [0.15, 0.2) is 5.16 Å². The van der Waals surface area contributed by atoms with Gasteiger partial charge in [-0.25, -0.2) is 4.68 Å². The molecule has 0 aliphatic heterocycles. The van der Waals surface area contributed by atoms with Gasteiger partial charge in [-0.2, -0.15) is 0 Å². The molecule has 1 atom stereocenters. The van der Waals surface area contributed by atoms with E-state index in [2.05, 4.69) is 15.5 Å². The lowest BCUT2D eigenvalue weighted by Crippen LogP contribution is -2.05. The lowest BCUT2D eigenvalue weighted by atomic mass is 10.5. The lowest BCUT2D eigenvalue weighted by Gasteiger charge is -2.03. The van der Waals surface area contributed by atoms with E-state index in [0.29, 0.717) is 11.8 Å². The molecule has 0 spiro atoms. The van der Waals surface area contributed by atoms with E-state index < -0.39 is 0 Å². The molecule has 6 heteroatoms. The highest BCUT2D eigenvalue weighted by Gasteiger charge is 2.27. The van der Waals surface area contributed by atoms with Gasteiger partial charge in [0.15, 0.2) is 0 Å². The Balaban J connectivity index is 1.98. The van der Waals surface area contributed by atoms with Gasteiger partial charge in [-0.05, 0) is 30.2 Å². The normalized spacial score (nSPS) is 18.9. The molecule has 0 saturated heterocycles. The number of hydrogen-bond acceptors (Lipinski definition) is 5. The van der Waals surface area contributed by atoms with Crippen molar-refractivity contribution in [2.75, 3.05) is 5.75 Å². The van der Waals surface area contributed by atoms with E-state index in [0.717, 1.165) is 5.16 Å². The summed E-state index contributed by atoms with van der Waals surface area (Å²) in [5.74, 6) is 0.646. The molecular formula is C7H12N4OS. The number of aliphatic hydroxyl groups excluding tert-OH is 1. The summed E-state index contributed by atoms with van der Waals surface area (Å²) in [6.07, 6.45) is 2.04. The quantitative estimate of drug-likeness (QED) is 0.716. The van der Waals surface area contributed by atoms with Crippen LogP contribution in [-0.2, 0) is 0 Å². The van der Waals surface area contributed by atoms with Crippen molar-refractivity contribution in [2.24, 2.45) is 0 Å². The predicted molar refractivity (Wildman–Crippen MR) is 48.5 cm³/mol. The maximum atomic E-state index is 9.10. The van der Waals surface area contributed by atoms with Gasteiger partial charge in [0, 0.05) is 5.75 Å². The third kappa shape index (κ3) is 2.19. The van der Waals surface area contributed by atoms with Crippen molar-refractivity contribution in [2.45, 2.75) is 37.1 Å². The van der Waals surface area contributed by atoms with Crippen molar-refractivity contribution in [3.05, 3.63) is 0 Å². The first-order valence-electron chi connectivity index (χ1n) is 4.36. The zero-order valence-electron chi connectivity index (χ0n) is 7.42. The maximum Gasteiger partial charge on any atom is 0.209 e. The summed E-state index contributed by atoms with van der Waals surface area (Å²) >= 11 is 1.51. The fourth-order valence-electron chi connectivity index (χ4n) is 1.02. The molecule has 1 unspecified atom stereocenters. The number of rotatable bonds is 4. The smallest absolute Gasteiger partial charge is 0.209 e. The molecule has 1 aromatic heterocycles. The van der Waals surface area contributed by atoms with Gasteiger partial charge in [-0.15, -0.1) is 5.10 Å². The highest BCUT2D eigenvalue weighted by atomic mass is 32.2. The number of aromatic nitrogens is 4. The average molecular weight is 200 g/mol. The molecule has 1 heterocycles. The molecule has 1 aliphatic carbocycles. The summed E-state index contributed by atoms with van der Waals surface area (Å²) in [6, 6.07) is 0.506. The van der Waals surface area contributed by atoms with Gasteiger partial charge in [0.1, 0.15) is 0 Å². The zero-order valence-corrected chi connectivity index (χ0v) is 8.24. The monoisotopic (exact) mass is 200 g/mol. The second-order valence-electron chi connectivity index (χ2n) is 3.30. The molecular weight excluding hydrogens is 188 g/mol. The first-order chi connectivity index (χ1) is 6.27. The highest BCUT2D eigenvalue weighted by Crippen LogP contribution is 2.36. The van der Waals surface area contributed by atoms with Gasteiger partial charge in [0.05, 0.1) is 12.1 Å². The first-order valence-corrected chi connectivity index (χ1v) is 5.34. The summed E-state index contributed by atoms with van der Waals surface area (Å²) in [6.45, 7) is 1.76. The number of aliphatic hydroxyl groups is 1. The van der Waals surface area contributed by atoms with E-state index in [9.17, 15) is 0 Å². The van der Waals surface area contributed by atoms with Crippen LogP contribution >= 0.6 is 11.8 Å². The largest absolute Gasteiger partial charge is 0.393 e. The van der Waals surface area contributed by atoms with Crippen LogP contribution in [0.25, 0.3) is 0 Å². The molecule has 2 rings (SSSR count). The molecule has 1 aliphatic rings. The molecule has 0 bridgehead atoms. The molecule has 0 aromatic carbocycles. The van der Waals surface area contributed by atoms with E-state index in [1.807, 2.05) is 4.68 Å². The SMILES string of the molecule is CC(O)CSc1nnnn1C1CC1. The van der Waals surface area contributed by atoms with Crippen molar-refractivity contribution in [3.63, 3.8) is 0 Å². The predicted octanol–water partition coefficient (Wildman–Crippen LogP) is 0.481. The van der Waals surface area contributed by atoms with Gasteiger partial charge in [-0.1, -0.05) is 11.8 Å². The molecule has 13 heavy (non-hydrogen) atoms. The molecule has 0 radical (unpaired) electrons. The maximum absolute atomic E-state index is 9.10. The lowest BCUT2D eigenvalue weighted by molar-refractivity contribution is 0.220. The molecule has 72 valence electrons. The minimum absolute atomic E-state index is 0.311. The van der Waals surface area contributed by atoms with E-state index in [1.165, 1.54) is 24.6 Å². The van der Waals surface area contributed by atoms with Crippen LogP contribution in [0.1, 0.15) is 25.8 Å². The molecule has 5 nitrogen and oxygen atoms in total. The Bertz CT molecular complexity index is 284. The van der Waals surface area contributed by atoms with E-state index in [4.69, 9.17) is 5.11 Å². The first kappa shape index (κ1) is 8.96. The van der Waals surface area contributed by atoms with Gasteiger partial charge in [0.2, 0.25) is 5.16 Å². The summed E-state index contributed by atoms with van der Waals surface area (Å²) in [7, 11) is 0. The van der Waals surface area contributed by atoms with Gasteiger partial charge in [-0.3, -0.25) is 0 Å². The topological polar surface area (TPSA) is 63.8 Å². The Kier molecular flexibility index (Phi) is 2.50. The summed E-state index contributed by atoms with van der Waals surface area (Å²) in [5, 5.41) is 21.4. The average Bonchev–Trinajstić information content (AvgIpc) is 2.82. The Morgan fingerprint density at radius 1 is 1.69 bits per heavy atom. The Morgan fingerprint density at radius 3 is 3.08 bits per heavy atom. The van der Waals surface area contributed by atoms with Crippen molar-refractivity contribution < 1.29 is 5.11 Å². The van der Waals surface area contributed by atoms with Crippen LogP contribution in [-0.4, -0.2) is 37.2 Å². The van der Waals surface area contributed by atoms with Crippen LogP contribution < -0.4 is 0 Å². The van der Waals surface area contributed by atoms with Crippen molar-refractivity contribution in [1.29, 1.82) is 0 Å². The summed E-state index contributed by atoms with van der Waals surface area (Å²) in [4.78, 5) is 0. The minimum atomic E-state index is -0.311. The number of hydrogen-bond donors (Lipinski definition) is 1. The number of nitrogens with zero attached hydrogens (tertiary/aromatic N) is 4. The van der Waals surface area contributed by atoms with Crippen LogP contribution in [0.2, 0.25) is 0 Å². The fourth-order valence-corrected chi connectivity index (χ4v) is 1.83. The highest BCUT2D eigenvalue weighted by molar-refractivity contribution is 7.99. The van der Waals surface area contributed by atoms with Gasteiger partial charge < -0.3 is 5.11 Å². The Hall–Kier alpha value is -0.620. The van der Waals surface area contributed by atoms with E-state index in [1.54, 1.807) is 6.92 Å². The zero-order chi connectivity index (χ0) is 9.26. The van der Waals surface area contributed by atoms with Crippen LogP contribution in [0.4, 0.5) is 0 Å². The summed E-state index contributed by atoms with van der Waals surface area (Å²) < 4.78 is 1.85.